The number of halogens is 1. The lowest BCUT2D eigenvalue weighted by molar-refractivity contribution is -0.111. The van der Waals surface area contributed by atoms with Gasteiger partial charge >= 0.3 is 0 Å². The van der Waals surface area contributed by atoms with Gasteiger partial charge in [0.2, 0.25) is 5.91 Å². The van der Waals surface area contributed by atoms with Crippen LogP contribution in [-0.2, 0) is 17.8 Å². The lowest BCUT2D eigenvalue weighted by atomic mass is 10.1. The van der Waals surface area contributed by atoms with Gasteiger partial charge in [0.15, 0.2) is 0 Å². The summed E-state index contributed by atoms with van der Waals surface area (Å²) >= 11 is 7.58. The molecule has 1 aromatic carbocycles. The summed E-state index contributed by atoms with van der Waals surface area (Å²) in [6.45, 7) is 1.58. The number of carbonyl (C=O) groups excluding carboxylic acids is 1. The number of methoxy groups -OCH3 is 1. The van der Waals surface area contributed by atoms with Gasteiger partial charge in [0, 0.05) is 22.5 Å². The summed E-state index contributed by atoms with van der Waals surface area (Å²) < 4.78 is 5.16. The third-order valence-corrected chi connectivity index (χ3v) is 5.39. The van der Waals surface area contributed by atoms with E-state index < -0.39 is 0 Å². The maximum absolute atomic E-state index is 12.2. The summed E-state index contributed by atoms with van der Waals surface area (Å²) in [6.07, 6.45) is 3.83. The Balaban J connectivity index is 1.77. The van der Waals surface area contributed by atoms with Gasteiger partial charge in [-0.15, -0.1) is 11.3 Å². The van der Waals surface area contributed by atoms with Gasteiger partial charge in [0.05, 0.1) is 12.7 Å². The van der Waals surface area contributed by atoms with Crippen LogP contribution in [0.1, 0.15) is 21.6 Å². The monoisotopic (exact) mass is 373 g/mol. The molecule has 1 amide bonds. The summed E-state index contributed by atoms with van der Waals surface area (Å²) in [5.74, 6) is 0.358. The van der Waals surface area contributed by atoms with E-state index in [9.17, 15) is 10.1 Å². The van der Waals surface area contributed by atoms with Crippen molar-refractivity contribution in [3.05, 3.63) is 50.9 Å². The number of nitrogens with zero attached hydrogens (tertiary/aromatic N) is 1. The Morgan fingerprint density at radius 3 is 3.12 bits per heavy atom. The zero-order valence-corrected chi connectivity index (χ0v) is 15.1. The Labute approximate surface area is 154 Å². The number of amides is 1. The Kier molecular flexibility index (Phi) is 5.39. The van der Waals surface area contributed by atoms with Crippen molar-refractivity contribution in [3.8, 4) is 11.8 Å². The van der Waals surface area contributed by atoms with Crippen LogP contribution in [0.15, 0.2) is 24.3 Å². The molecule has 0 unspecified atom stereocenters. The van der Waals surface area contributed by atoms with Crippen LogP contribution in [0.4, 0.5) is 5.00 Å². The minimum atomic E-state index is -0.304. The van der Waals surface area contributed by atoms with Crippen LogP contribution in [0.25, 0.3) is 6.08 Å². The van der Waals surface area contributed by atoms with Crippen LogP contribution in [0.5, 0.6) is 5.75 Å². The number of nitrogens with one attached hydrogen (secondary N) is 2. The van der Waals surface area contributed by atoms with Crippen molar-refractivity contribution in [1.29, 1.82) is 5.26 Å². The lowest BCUT2D eigenvalue weighted by Gasteiger charge is -2.11. The van der Waals surface area contributed by atoms with Crippen molar-refractivity contribution < 1.29 is 9.53 Å². The Morgan fingerprint density at radius 2 is 2.36 bits per heavy atom. The summed E-state index contributed by atoms with van der Waals surface area (Å²) in [7, 11) is 1.57. The second-order valence-electron chi connectivity index (χ2n) is 5.46. The molecule has 128 valence electrons. The van der Waals surface area contributed by atoms with Crippen molar-refractivity contribution in [2.24, 2.45) is 0 Å². The fourth-order valence-corrected chi connectivity index (χ4v) is 3.99. The Bertz CT molecular complexity index is 883. The van der Waals surface area contributed by atoms with E-state index in [2.05, 4.69) is 16.7 Å². The molecule has 0 aliphatic carbocycles. The van der Waals surface area contributed by atoms with Crippen LogP contribution >= 0.6 is 22.9 Å². The number of anilines is 1. The lowest BCUT2D eigenvalue weighted by Crippen LogP contribution is -2.22. The third-order valence-electron chi connectivity index (χ3n) is 3.89. The summed E-state index contributed by atoms with van der Waals surface area (Å²) in [4.78, 5) is 13.4. The average molecular weight is 374 g/mol. The first-order valence-corrected chi connectivity index (χ1v) is 8.89. The molecule has 25 heavy (non-hydrogen) atoms. The van der Waals surface area contributed by atoms with Gasteiger partial charge in [-0.1, -0.05) is 11.6 Å². The van der Waals surface area contributed by atoms with Gasteiger partial charge in [-0.25, -0.2) is 0 Å². The van der Waals surface area contributed by atoms with Gasteiger partial charge in [-0.05, 0) is 48.4 Å². The highest BCUT2D eigenvalue weighted by Crippen LogP contribution is 2.34. The van der Waals surface area contributed by atoms with E-state index in [0.717, 1.165) is 30.0 Å². The van der Waals surface area contributed by atoms with Gasteiger partial charge < -0.3 is 15.4 Å². The molecule has 0 bridgehead atoms. The second kappa shape index (κ2) is 7.70. The van der Waals surface area contributed by atoms with Gasteiger partial charge in [0.25, 0.3) is 0 Å². The van der Waals surface area contributed by atoms with Gasteiger partial charge in [-0.3, -0.25) is 4.79 Å². The van der Waals surface area contributed by atoms with Crippen LogP contribution < -0.4 is 15.4 Å². The van der Waals surface area contributed by atoms with Crippen LogP contribution in [0.3, 0.4) is 0 Å². The number of rotatable bonds is 4. The zero-order chi connectivity index (χ0) is 17.8. The molecular weight excluding hydrogens is 358 g/mol. The highest BCUT2D eigenvalue weighted by Gasteiger charge is 2.21. The van der Waals surface area contributed by atoms with Crippen LogP contribution in [0.2, 0.25) is 5.02 Å². The molecule has 2 N–H and O–H groups in total. The Hall–Kier alpha value is -2.33. The minimum Gasteiger partial charge on any atom is -0.497 e. The quantitative estimate of drug-likeness (QED) is 0.803. The number of hydrogen-bond donors (Lipinski definition) is 2. The van der Waals surface area contributed by atoms with E-state index in [1.165, 1.54) is 17.4 Å². The van der Waals surface area contributed by atoms with Crippen molar-refractivity contribution in [2.45, 2.75) is 13.0 Å². The minimum absolute atomic E-state index is 0.304. The molecule has 5 nitrogen and oxygen atoms in total. The maximum Gasteiger partial charge on any atom is 0.249 e. The average Bonchev–Trinajstić information content (AvgIpc) is 2.97. The topological polar surface area (TPSA) is 74.1 Å². The molecule has 3 rings (SSSR count). The third kappa shape index (κ3) is 3.85. The van der Waals surface area contributed by atoms with Crippen molar-refractivity contribution in [1.82, 2.24) is 5.32 Å². The number of nitriles is 1. The van der Waals surface area contributed by atoms with Crippen LogP contribution in [0, 0.1) is 11.3 Å². The number of ether oxygens (including phenoxy) is 1. The van der Waals surface area contributed by atoms with E-state index in [1.807, 2.05) is 0 Å². The van der Waals surface area contributed by atoms with E-state index in [1.54, 1.807) is 31.4 Å². The largest absolute Gasteiger partial charge is 0.497 e. The molecule has 0 saturated carbocycles. The summed E-state index contributed by atoms with van der Waals surface area (Å²) in [5.41, 5.74) is 2.30. The summed E-state index contributed by atoms with van der Waals surface area (Å²) in [5, 5.41) is 16.6. The molecule has 1 aliphatic heterocycles. The first-order valence-electron chi connectivity index (χ1n) is 7.70. The molecular formula is C18H16ClN3O2S. The standard InChI is InChI=1S/C18H16ClN3O2S/c1-24-12-3-4-15(19)11(8-12)2-5-17(23)22-18-14(9-20)13-6-7-21-10-16(13)25-18/h2-5,8,21H,6-7,10H2,1H3,(H,22,23)/b5-2-. The summed E-state index contributed by atoms with van der Waals surface area (Å²) in [6, 6.07) is 7.43. The molecule has 0 spiro atoms. The number of thiophene rings is 1. The van der Waals surface area contributed by atoms with E-state index in [0.29, 0.717) is 26.9 Å². The molecule has 2 heterocycles. The van der Waals surface area contributed by atoms with Crippen LogP contribution in [-0.4, -0.2) is 19.6 Å². The predicted molar refractivity (Wildman–Crippen MR) is 100 cm³/mol. The fourth-order valence-electron chi connectivity index (χ4n) is 2.64. The molecule has 1 aromatic heterocycles. The number of carbonyl (C=O) groups is 1. The van der Waals surface area contributed by atoms with E-state index >= 15 is 0 Å². The van der Waals surface area contributed by atoms with Gasteiger partial charge in [0.1, 0.15) is 16.8 Å². The van der Waals surface area contributed by atoms with Gasteiger partial charge in [-0.2, -0.15) is 5.26 Å². The SMILES string of the molecule is COc1ccc(Cl)c(/C=C\C(=O)Nc2sc3c(c2C#N)CCNC3)c1. The van der Waals surface area contributed by atoms with Crippen molar-refractivity contribution in [3.63, 3.8) is 0 Å². The molecule has 0 radical (unpaired) electrons. The maximum atomic E-state index is 12.2. The highest BCUT2D eigenvalue weighted by atomic mass is 35.5. The van der Waals surface area contributed by atoms with E-state index in [4.69, 9.17) is 16.3 Å². The smallest absolute Gasteiger partial charge is 0.249 e. The molecule has 7 heteroatoms. The Morgan fingerprint density at radius 1 is 1.52 bits per heavy atom. The first kappa shape index (κ1) is 17.5. The number of fused-ring (bicyclic) bond motifs is 1. The molecule has 1 aliphatic rings. The zero-order valence-electron chi connectivity index (χ0n) is 13.6. The number of hydrogen-bond acceptors (Lipinski definition) is 5. The second-order valence-corrected chi connectivity index (χ2v) is 6.97. The normalized spacial score (nSPS) is 13.3. The molecule has 0 atom stereocenters. The first-order chi connectivity index (χ1) is 12.1. The van der Waals surface area contributed by atoms with Crippen molar-refractivity contribution >= 4 is 39.9 Å². The highest BCUT2D eigenvalue weighted by molar-refractivity contribution is 7.16. The molecule has 2 aromatic rings. The molecule has 0 fully saturated rings. The molecule has 0 saturated heterocycles. The predicted octanol–water partition coefficient (Wildman–Crippen LogP) is 3.58. The number of benzene rings is 1. The van der Waals surface area contributed by atoms with Crippen molar-refractivity contribution in [2.75, 3.05) is 19.0 Å². The fraction of sp³-hybridized carbons (Fsp3) is 0.222. The van der Waals surface area contributed by atoms with E-state index in [-0.39, 0.29) is 5.91 Å².